The highest BCUT2D eigenvalue weighted by molar-refractivity contribution is 14.1. The Morgan fingerprint density at radius 3 is 3.00 bits per heavy atom. The molecule has 0 unspecified atom stereocenters. The van der Waals surface area contributed by atoms with Gasteiger partial charge in [0, 0.05) is 15.8 Å². The lowest BCUT2D eigenvalue weighted by Gasteiger charge is -2.03. The molecule has 0 saturated heterocycles. The van der Waals surface area contributed by atoms with E-state index < -0.39 is 0 Å². The fraction of sp³-hybridized carbons (Fsp3) is 0.167. The van der Waals surface area contributed by atoms with Crippen LogP contribution in [0.5, 0.6) is 0 Å². The second-order valence-electron chi connectivity index (χ2n) is 3.73. The highest BCUT2D eigenvalue weighted by Crippen LogP contribution is 2.26. The molecule has 5 nitrogen and oxygen atoms in total. The maximum absolute atomic E-state index is 12.1. The molecule has 0 radical (unpaired) electrons. The van der Waals surface area contributed by atoms with Crippen molar-refractivity contribution in [1.82, 2.24) is 4.98 Å². The van der Waals surface area contributed by atoms with Crippen molar-refractivity contribution >= 4 is 56.5 Å². The molecule has 1 aromatic heterocycles. The Labute approximate surface area is 128 Å². The molecule has 0 aliphatic carbocycles. The SMILES string of the molecule is CCNc1nc(N)c(C(=O)Nc2cccc(I)c2)s1. The summed E-state index contributed by atoms with van der Waals surface area (Å²) in [4.78, 5) is 16.6. The van der Waals surface area contributed by atoms with Gasteiger partial charge in [0.2, 0.25) is 0 Å². The number of carbonyl (C=O) groups is 1. The van der Waals surface area contributed by atoms with Gasteiger partial charge in [0.15, 0.2) is 5.13 Å². The molecule has 7 heteroatoms. The highest BCUT2D eigenvalue weighted by Gasteiger charge is 2.16. The predicted octanol–water partition coefficient (Wildman–Crippen LogP) is 3.01. The van der Waals surface area contributed by atoms with Gasteiger partial charge in [0.25, 0.3) is 5.91 Å². The minimum absolute atomic E-state index is 0.235. The summed E-state index contributed by atoms with van der Waals surface area (Å²) >= 11 is 3.45. The number of thiazole rings is 1. The van der Waals surface area contributed by atoms with Crippen LogP contribution >= 0.6 is 33.9 Å². The fourth-order valence-electron chi connectivity index (χ4n) is 1.48. The topological polar surface area (TPSA) is 80.0 Å². The first-order valence-electron chi connectivity index (χ1n) is 5.67. The van der Waals surface area contributed by atoms with E-state index in [4.69, 9.17) is 5.73 Å². The van der Waals surface area contributed by atoms with E-state index in [1.54, 1.807) is 0 Å². The number of hydrogen-bond acceptors (Lipinski definition) is 5. The van der Waals surface area contributed by atoms with Gasteiger partial charge in [-0.3, -0.25) is 4.79 Å². The maximum Gasteiger partial charge on any atom is 0.269 e. The number of amides is 1. The average Bonchev–Trinajstić information content (AvgIpc) is 2.71. The quantitative estimate of drug-likeness (QED) is 0.704. The van der Waals surface area contributed by atoms with Crippen molar-refractivity contribution in [3.05, 3.63) is 32.7 Å². The third kappa shape index (κ3) is 3.57. The van der Waals surface area contributed by atoms with E-state index in [2.05, 4.69) is 38.2 Å². The van der Waals surface area contributed by atoms with Gasteiger partial charge in [-0.2, -0.15) is 0 Å². The summed E-state index contributed by atoms with van der Waals surface area (Å²) in [6.45, 7) is 2.70. The number of aromatic nitrogens is 1. The van der Waals surface area contributed by atoms with Crippen LogP contribution in [-0.4, -0.2) is 17.4 Å². The van der Waals surface area contributed by atoms with E-state index in [9.17, 15) is 4.79 Å². The zero-order valence-electron chi connectivity index (χ0n) is 10.2. The van der Waals surface area contributed by atoms with Crippen LogP contribution < -0.4 is 16.4 Å². The Morgan fingerprint density at radius 2 is 2.32 bits per heavy atom. The van der Waals surface area contributed by atoms with Crippen LogP contribution in [-0.2, 0) is 0 Å². The Balaban J connectivity index is 2.15. The van der Waals surface area contributed by atoms with Crippen LogP contribution in [0.15, 0.2) is 24.3 Å². The summed E-state index contributed by atoms with van der Waals surface area (Å²) in [7, 11) is 0. The lowest BCUT2D eigenvalue weighted by atomic mass is 10.3. The summed E-state index contributed by atoms with van der Waals surface area (Å²) in [5.41, 5.74) is 6.50. The van der Waals surface area contributed by atoms with Crippen LogP contribution in [0.3, 0.4) is 0 Å². The number of carbonyl (C=O) groups excluding carboxylic acids is 1. The molecule has 2 aromatic rings. The number of hydrogen-bond donors (Lipinski definition) is 3. The van der Waals surface area contributed by atoms with Crippen molar-refractivity contribution in [2.45, 2.75) is 6.92 Å². The van der Waals surface area contributed by atoms with E-state index in [1.807, 2.05) is 31.2 Å². The first kappa shape index (κ1) is 14.1. The first-order chi connectivity index (χ1) is 9.10. The summed E-state index contributed by atoms with van der Waals surface area (Å²) in [5, 5.41) is 6.52. The van der Waals surface area contributed by atoms with Gasteiger partial charge in [0.1, 0.15) is 10.7 Å². The molecule has 0 fully saturated rings. The van der Waals surface area contributed by atoms with Crippen LogP contribution in [0.1, 0.15) is 16.6 Å². The molecule has 1 amide bonds. The maximum atomic E-state index is 12.1. The summed E-state index contributed by atoms with van der Waals surface area (Å²) < 4.78 is 1.06. The largest absolute Gasteiger partial charge is 0.382 e. The van der Waals surface area contributed by atoms with Crippen molar-refractivity contribution < 1.29 is 4.79 Å². The second-order valence-corrected chi connectivity index (χ2v) is 5.97. The van der Waals surface area contributed by atoms with Crippen molar-refractivity contribution in [2.24, 2.45) is 0 Å². The number of anilines is 3. The van der Waals surface area contributed by atoms with E-state index in [1.165, 1.54) is 11.3 Å². The molecular formula is C12H13IN4OS. The van der Waals surface area contributed by atoms with Gasteiger partial charge < -0.3 is 16.4 Å². The summed E-state index contributed by atoms with van der Waals surface area (Å²) in [5.74, 6) is 0.0187. The molecule has 0 spiro atoms. The molecule has 1 aromatic carbocycles. The molecule has 19 heavy (non-hydrogen) atoms. The van der Waals surface area contributed by atoms with Crippen LogP contribution in [0.4, 0.5) is 16.6 Å². The number of benzene rings is 1. The summed E-state index contributed by atoms with van der Waals surface area (Å²) in [6, 6.07) is 7.57. The monoisotopic (exact) mass is 388 g/mol. The zero-order valence-corrected chi connectivity index (χ0v) is 13.2. The van der Waals surface area contributed by atoms with Gasteiger partial charge in [-0.05, 0) is 47.7 Å². The molecular weight excluding hydrogens is 375 g/mol. The van der Waals surface area contributed by atoms with Gasteiger partial charge in [0.05, 0.1) is 0 Å². The number of nitrogens with zero attached hydrogens (tertiary/aromatic N) is 1. The standard InChI is InChI=1S/C12H13IN4OS/c1-2-15-12-17-10(14)9(19-12)11(18)16-8-5-3-4-7(13)6-8/h3-6H,2,14H2,1H3,(H,15,17)(H,16,18). The molecule has 0 atom stereocenters. The van der Waals surface area contributed by atoms with Gasteiger partial charge in [-0.1, -0.05) is 17.4 Å². The molecule has 0 aliphatic rings. The average molecular weight is 388 g/mol. The second kappa shape index (κ2) is 6.20. The lowest BCUT2D eigenvalue weighted by molar-refractivity contribution is 0.103. The summed E-state index contributed by atoms with van der Waals surface area (Å²) in [6.07, 6.45) is 0. The van der Waals surface area contributed by atoms with E-state index >= 15 is 0 Å². The Kier molecular flexibility index (Phi) is 4.59. The first-order valence-corrected chi connectivity index (χ1v) is 7.56. The van der Waals surface area contributed by atoms with Gasteiger partial charge in [-0.25, -0.2) is 4.98 Å². The van der Waals surface area contributed by atoms with E-state index in [0.29, 0.717) is 10.0 Å². The molecule has 2 rings (SSSR count). The van der Waals surface area contributed by atoms with Crippen molar-refractivity contribution in [3.8, 4) is 0 Å². The van der Waals surface area contributed by atoms with Crippen LogP contribution in [0.25, 0.3) is 0 Å². The van der Waals surface area contributed by atoms with Gasteiger partial charge >= 0.3 is 0 Å². The third-order valence-corrected chi connectivity index (χ3v) is 3.97. The molecule has 100 valence electrons. The number of nitrogens with two attached hydrogens (primary N) is 1. The lowest BCUT2D eigenvalue weighted by Crippen LogP contribution is -2.12. The molecule has 1 heterocycles. The molecule has 0 saturated carbocycles. The van der Waals surface area contributed by atoms with Crippen molar-refractivity contribution in [2.75, 3.05) is 22.9 Å². The number of nitrogen functional groups attached to an aromatic ring is 1. The minimum atomic E-state index is -0.235. The minimum Gasteiger partial charge on any atom is -0.382 e. The van der Waals surface area contributed by atoms with Crippen LogP contribution in [0, 0.1) is 3.57 Å². The van der Waals surface area contributed by atoms with Gasteiger partial charge in [-0.15, -0.1) is 0 Å². The van der Waals surface area contributed by atoms with E-state index in [0.717, 1.165) is 15.8 Å². The molecule has 0 aliphatic heterocycles. The normalized spacial score (nSPS) is 10.2. The zero-order chi connectivity index (χ0) is 13.8. The number of rotatable bonds is 4. The number of nitrogens with one attached hydrogen (secondary N) is 2. The van der Waals surface area contributed by atoms with Crippen molar-refractivity contribution in [1.29, 1.82) is 0 Å². The smallest absolute Gasteiger partial charge is 0.269 e. The predicted molar refractivity (Wildman–Crippen MR) is 87.8 cm³/mol. The van der Waals surface area contributed by atoms with Crippen LogP contribution in [0.2, 0.25) is 0 Å². The Bertz CT molecular complexity index is 599. The van der Waals surface area contributed by atoms with E-state index in [-0.39, 0.29) is 11.7 Å². The molecule has 4 N–H and O–H groups in total. The molecule has 0 bridgehead atoms. The highest BCUT2D eigenvalue weighted by atomic mass is 127. The third-order valence-electron chi connectivity index (χ3n) is 2.27. The Morgan fingerprint density at radius 1 is 1.53 bits per heavy atom. The Hall–Kier alpha value is -1.35. The fourth-order valence-corrected chi connectivity index (χ4v) is 2.87. The number of halogens is 1. The van der Waals surface area contributed by atoms with Crippen molar-refractivity contribution in [3.63, 3.8) is 0 Å².